The molecule has 0 amide bonds. The highest BCUT2D eigenvalue weighted by Crippen LogP contribution is 2.20. The smallest absolute Gasteiger partial charge is 0.151 e. The largest absolute Gasteiger partial charge is 0.355 e. The van der Waals surface area contributed by atoms with Crippen molar-refractivity contribution in [3.8, 4) is 0 Å². The first kappa shape index (κ1) is 13.3. The van der Waals surface area contributed by atoms with Gasteiger partial charge in [0.05, 0.1) is 0 Å². The second-order valence-electron chi connectivity index (χ2n) is 5.56. The molecule has 1 aromatic rings. The minimum atomic E-state index is 0.740. The summed E-state index contributed by atoms with van der Waals surface area (Å²) in [5.41, 5.74) is 0. The van der Waals surface area contributed by atoms with E-state index in [0.29, 0.717) is 0 Å². The molecule has 2 heterocycles. The summed E-state index contributed by atoms with van der Waals surface area (Å²) in [6, 6.07) is 4.00. The van der Waals surface area contributed by atoms with Crippen LogP contribution in [0.2, 0.25) is 0 Å². The highest BCUT2D eigenvalue weighted by Gasteiger charge is 2.19. The monoisotopic (exact) mass is 248 g/mol. The minimum absolute atomic E-state index is 0.740. The van der Waals surface area contributed by atoms with Gasteiger partial charge in [0.15, 0.2) is 5.82 Å². The van der Waals surface area contributed by atoms with Crippen molar-refractivity contribution < 1.29 is 0 Å². The number of piperidine rings is 1. The van der Waals surface area contributed by atoms with Crippen LogP contribution in [-0.4, -0.2) is 36.4 Å². The van der Waals surface area contributed by atoms with Crippen LogP contribution in [0.3, 0.4) is 0 Å². The number of rotatable bonds is 5. The Kier molecular flexibility index (Phi) is 4.93. The van der Waals surface area contributed by atoms with Crippen LogP contribution in [0.25, 0.3) is 0 Å². The van der Waals surface area contributed by atoms with Gasteiger partial charge in [-0.1, -0.05) is 13.8 Å². The van der Waals surface area contributed by atoms with E-state index in [4.69, 9.17) is 0 Å². The van der Waals surface area contributed by atoms with Crippen molar-refractivity contribution in [2.75, 3.05) is 31.1 Å². The quantitative estimate of drug-likeness (QED) is 0.864. The fraction of sp³-hybridized carbons (Fsp3) is 0.714. The maximum Gasteiger partial charge on any atom is 0.151 e. The Hall–Kier alpha value is -1.16. The molecule has 0 atom stereocenters. The van der Waals surface area contributed by atoms with Crippen molar-refractivity contribution in [1.82, 2.24) is 15.5 Å². The van der Waals surface area contributed by atoms with Crippen molar-refractivity contribution in [3.05, 3.63) is 18.3 Å². The zero-order chi connectivity index (χ0) is 12.8. The Morgan fingerprint density at radius 3 is 2.78 bits per heavy atom. The second-order valence-corrected chi connectivity index (χ2v) is 5.56. The van der Waals surface area contributed by atoms with Crippen LogP contribution in [-0.2, 0) is 0 Å². The Morgan fingerprint density at radius 1 is 1.39 bits per heavy atom. The fourth-order valence-corrected chi connectivity index (χ4v) is 2.40. The van der Waals surface area contributed by atoms with Gasteiger partial charge < -0.3 is 10.2 Å². The molecule has 1 aliphatic heterocycles. The zero-order valence-corrected chi connectivity index (χ0v) is 11.5. The van der Waals surface area contributed by atoms with E-state index >= 15 is 0 Å². The van der Waals surface area contributed by atoms with Crippen molar-refractivity contribution >= 4 is 5.82 Å². The summed E-state index contributed by atoms with van der Waals surface area (Å²) in [6.45, 7) is 9.00. The summed E-state index contributed by atoms with van der Waals surface area (Å²) in [7, 11) is 0. The molecule has 2 rings (SSSR count). The van der Waals surface area contributed by atoms with E-state index < -0.39 is 0 Å². The molecule has 0 unspecified atom stereocenters. The average molecular weight is 248 g/mol. The van der Waals surface area contributed by atoms with Crippen LogP contribution >= 0.6 is 0 Å². The van der Waals surface area contributed by atoms with Crippen molar-refractivity contribution in [2.24, 2.45) is 11.8 Å². The summed E-state index contributed by atoms with van der Waals surface area (Å²) in [4.78, 5) is 2.34. The van der Waals surface area contributed by atoms with Gasteiger partial charge >= 0.3 is 0 Å². The van der Waals surface area contributed by atoms with Gasteiger partial charge in [0.1, 0.15) is 0 Å². The Morgan fingerprint density at radius 2 is 2.17 bits per heavy atom. The van der Waals surface area contributed by atoms with Gasteiger partial charge in [-0.15, -0.1) is 5.10 Å². The van der Waals surface area contributed by atoms with Crippen LogP contribution in [0, 0.1) is 11.8 Å². The fourth-order valence-electron chi connectivity index (χ4n) is 2.40. The lowest BCUT2D eigenvalue weighted by Gasteiger charge is -2.32. The van der Waals surface area contributed by atoms with Gasteiger partial charge in [0, 0.05) is 19.3 Å². The number of nitrogens with zero attached hydrogens (tertiary/aromatic N) is 3. The lowest BCUT2D eigenvalue weighted by molar-refractivity contribution is 0.372. The van der Waals surface area contributed by atoms with Crippen LogP contribution in [0.15, 0.2) is 18.3 Å². The maximum atomic E-state index is 4.17. The van der Waals surface area contributed by atoms with E-state index in [2.05, 4.69) is 34.3 Å². The third-order valence-corrected chi connectivity index (χ3v) is 3.48. The van der Waals surface area contributed by atoms with Gasteiger partial charge in [-0.25, -0.2) is 0 Å². The molecule has 1 N–H and O–H groups in total. The molecule has 1 fully saturated rings. The van der Waals surface area contributed by atoms with Gasteiger partial charge in [0.25, 0.3) is 0 Å². The molecule has 1 saturated heterocycles. The SMILES string of the molecule is CC(C)CNCC1CCN(c2cccnn2)CC1. The van der Waals surface area contributed by atoms with Gasteiger partial charge in [0.2, 0.25) is 0 Å². The van der Waals surface area contributed by atoms with E-state index in [1.54, 1.807) is 6.20 Å². The molecule has 0 aromatic carbocycles. The van der Waals surface area contributed by atoms with Crippen LogP contribution in [0.1, 0.15) is 26.7 Å². The number of hydrogen-bond acceptors (Lipinski definition) is 4. The number of nitrogens with one attached hydrogen (secondary N) is 1. The van der Waals surface area contributed by atoms with E-state index in [1.807, 2.05) is 12.1 Å². The molecule has 0 aliphatic carbocycles. The third-order valence-electron chi connectivity index (χ3n) is 3.48. The molecule has 1 aromatic heterocycles. The molecule has 0 radical (unpaired) electrons. The first-order valence-electron chi connectivity index (χ1n) is 6.99. The molecule has 0 bridgehead atoms. The summed E-state index contributed by atoms with van der Waals surface area (Å²) < 4.78 is 0. The molecule has 4 heteroatoms. The highest BCUT2D eigenvalue weighted by atomic mass is 15.3. The second kappa shape index (κ2) is 6.69. The average Bonchev–Trinajstić information content (AvgIpc) is 2.40. The molecule has 100 valence electrons. The summed E-state index contributed by atoms with van der Waals surface area (Å²) in [6.07, 6.45) is 4.23. The van der Waals surface area contributed by atoms with Crippen LogP contribution < -0.4 is 10.2 Å². The molecular formula is C14H24N4. The van der Waals surface area contributed by atoms with Crippen molar-refractivity contribution in [3.63, 3.8) is 0 Å². The molecule has 1 aliphatic rings. The number of aromatic nitrogens is 2. The van der Waals surface area contributed by atoms with Crippen molar-refractivity contribution in [2.45, 2.75) is 26.7 Å². The lowest BCUT2D eigenvalue weighted by atomic mass is 9.96. The molecular weight excluding hydrogens is 224 g/mol. The van der Waals surface area contributed by atoms with E-state index in [0.717, 1.165) is 43.8 Å². The molecule has 4 nitrogen and oxygen atoms in total. The highest BCUT2D eigenvalue weighted by molar-refractivity contribution is 5.36. The van der Waals surface area contributed by atoms with E-state index in [9.17, 15) is 0 Å². The molecule has 18 heavy (non-hydrogen) atoms. The first-order valence-corrected chi connectivity index (χ1v) is 6.99. The third kappa shape index (κ3) is 3.95. The van der Waals surface area contributed by atoms with Gasteiger partial charge in [-0.05, 0) is 49.9 Å². The number of hydrogen-bond donors (Lipinski definition) is 1. The van der Waals surface area contributed by atoms with Crippen molar-refractivity contribution in [1.29, 1.82) is 0 Å². The topological polar surface area (TPSA) is 41.0 Å². The lowest BCUT2D eigenvalue weighted by Crippen LogP contribution is -2.38. The molecule has 0 spiro atoms. The summed E-state index contributed by atoms with van der Waals surface area (Å²) in [5.74, 6) is 2.58. The maximum absolute atomic E-state index is 4.17. The number of anilines is 1. The molecule has 0 saturated carbocycles. The van der Waals surface area contributed by atoms with Gasteiger partial charge in [-0.3, -0.25) is 0 Å². The summed E-state index contributed by atoms with van der Waals surface area (Å²) in [5, 5.41) is 11.7. The van der Waals surface area contributed by atoms with Crippen LogP contribution in [0.4, 0.5) is 5.82 Å². The van der Waals surface area contributed by atoms with Crippen LogP contribution in [0.5, 0.6) is 0 Å². The standard InChI is InChI=1S/C14H24N4/c1-12(2)10-15-11-13-5-8-18(9-6-13)14-4-3-7-16-17-14/h3-4,7,12-13,15H,5-6,8-11H2,1-2H3. The van der Waals surface area contributed by atoms with E-state index in [1.165, 1.54) is 12.8 Å². The summed E-state index contributed by atoms with van der Waals surface area (Å²) >= 11 is 0. The van der Waals surface area contributed by atoms with E-state index in [-0.39, 0.29) is 0 Å². The zero-order valence-electron chi connectivity index (χ0n) is 11.5. The Labute approximate surface area is 110 Å². The van der Waals surface area contributed by atoms with Gasteiger partial charge in [-0.2, -0.15) is 5.10 Å². The Balaban J connectivity index is 1.71. The first-order chi connectivity index (χ1) is 8.75. The minimum Gasteiger partial charge on any atom is -0.355 e. The Bertz CT molecular complexity index is 331. The predicted octanol–water partition coefficient (Wildman–Crippen LogP) is 1.94. The predicted molar refractivity (Wildman–Crippen MR) is 74.7 cm³/mol. The normalized spacial score (nSPS) is 17.4.